The van der Waals surface area contributed by atoms with E-state index in [0.717, 1.165) is 19.6 Å². The maximum Gasteiger partial charge on any atom is 0.123 e. The van der Waals surface area contributed by atoms with Gasteiger partial charge in [0.15, 0.2) is 0 Å². The first-order valence-electron chi connectivity index (χ1n) is 5.69. The van der Waals surface area contributed by atoms with Crippen LogP contribution in [0.2, 0.25) is 0 Å². The Bertz CT molecular complexity index is 280. The molecule has 2 N–H and O–H groups in total. The second-order valence-corrected chi connectivity index (χ2v) is 3.87. The minimum Gasteiger partial charge on any atom is -0.384 e. The summed E-state index contributed by atoms with van der Waals surface area (Å²) in [5.74, 6) is 0.612. The third-order valence-corrected chi connectivity index (χ3v) is 2.33. The quantitative estimate of drug-likeness (QED) is 0.778. The van der Waals surface area contributed by atoms with Crippen molar-refractivity contribution >= 4 is 5.82 Å². The van der Waals surface area contributed by atoms with Crippen molar-refractivity contribution in [3.8, 4) is 0 Å². The van der Waals surface area contributed by atoms with Gasteiger partial charge in [0, 0.05) is 12.7 Å². The van der Waals surface area contributed by atoms with E-state index >= 15 is 0 Å². The van der Waals surface area contributed by atoms with Gasteiger partial charge in [0.1, 0.15) is 5.82 Å². The molecule has 1 rings (SSSR count). The lowest BCUT2D eigenvalue weighted by molar-refractivity contribution is 0.266. The highest BCUT2D eigenvalue weighted by Crippen LogP contribution is 2.07. The second-order valence-electron chi connectivity index (χ2n) is 3.87. The van der Waals surface area contributed by atoms with E-state index in [0.29, 0.717) is 5.82 Å². The summed E-state index contributed by atoms with van der Waals surface area (Å²) in [4.78, 5) is 6.45. The zero-order valence-electron chi connectivity index (χ0n) is 9.74. The number of hydrogen-bond acceptors (Lipinski definition) is 3. The SMILES string of the molecule is CCCN(CCC)Cc1ccnc(N)c1. The lowest BCUT2D eigenvalue weighted by atomic mass is 10.2. The van der Waals surface area contributed by atoms with Crippen LogP contribution in [-0.4, -0.2) is 23.0 Å². The van der Waals surface area contributed by atoms with E-state index in [1.807, 2.05) is 12.1 Å². The number of nitrogens with two attached hydrogens (primary N) is 1. The molecule has 1 aromatic rings. The van der Waals surface area contributed by atoms with Gasteiger partial charge < -0.3 is 5.73 Å². The van der Waals surface area contributed by atoms with Crippen molar-refractivity contribution in [1.29, 1.82) is 0 Å². The second kappa shape index (κ2) is 6.40. The van der Waals surface area contributed by atoms with E-state index in [1.165, 1.54) is 18.4 Å². The lowest BCUT2D eigenvalue weighted by Crippen LogP contribution is -2.24. The van der Waals surface area contributed by atoms with Gasteiger partial charge >= 0.3 is 0 Å². The average Bonchev–Trinajstić information content (AvgIpc) is 2.18. The number of hydrogen-bond donors (Lipinski definition) is 1. The predicted octanol–water partition coefficient (Wildman–Crippen LogP) is 2.29. The first-order valence-corrected chi connectivity index (χ1v) is 5.69. The number of aromatic nitrogens is 1. The summed E-state index contributed by atoms with van der Waals surface area (Å²) in [7, 11) is 0. The molecular weight excluding hydrogens is 186 g/mol. The van der Waals surface area contributed by atoms with Gasteiger partial charge in [0.05, 0.1) is 0 Å². The van der Waals surface area contributed by atoms with Gasteiger partial charge in [-0.1, -0.05) is 13.8 Å². The summed E-state index contributed by atoms with van der Waals surface area (Å²) in [6.45, 7) is 7.70. The molecule has 15 heavy (non-hydrogen) atoms. The van der Waals surface area contributed by atoms with Crippen molar-refractivity contribution in [1.82, 2.24) is 9.88 Å². The molecule has 0 radical (unpaired) electrons. The summed E-state index contributed by atoms with van der Waals surface area (Å²) in [6, 6.07) is 3.99. The van der Waals surface area contributed by atoms with Crippen LogP contribution in [-0.2, 0) is 6.54 Å². The molecule has 0 fully saturated rings. The maximum atomic E-state index is 5.65. The molecule has 0 unspecified atom stereocenters. The topological polar surface area (TPSA) is 42.2 Å². The molecule has 0 aliphatic heterocycles. The molecule has 84 valence electrons. The molecule has 0 saturated carbocycles. The molecule has 0 bridgehead atoms. The van der Waals surface area contributed by atoms with Crippen LogP contribution < -0.4 is 5.73 Å². The number of nitrogen functional groups attached to an aromatic ring is 1. The maximum absolute atomic E-state index is 5.65. The normalized spacial score (nSPS) is 10.9. The Labute approximate surface area is 92.3 Å². The minimum absolute atomic E-state index is 0.612. The summed E-state index contributed by atoms with van der Waals surface area (Å²) < 4.78 is 0. The molecule has 0 spiro atoms. The molecular formula is C12H21N3. The van der Waals surface area contributed by atoms with Crippen LogP contribution in [0, 0.1) is 0 Å². The standard InChI is InChI=1S/C12H21N3/c1-3-7-15(8-4-2)10-11-5-6-14-12(13)9-11/h5-6,9H,3-4,7-8,10H2,1-2H3,(H2,13,14). The summed E-state index contributed by atoms with van der Waals surface area (Å²) >= 11 is 0. The molecule has 1 aromatic heterocycles. The van der Waals surface area contributed by atoms with Crippen LogP contribution in [0.25, 0.3) is 0 Å². The Morgan fingerprint density at radius 3 is 2.47 bits per heavy atom. The highest BCUT2D eigenvalue weighted by atomic mass is 15.1. The van der Waals surface area contributed by atoms with Gasteiger partial charge in [-0.05, 0) is 43.6 Å². The Kier molecular flexibility index (Phi) is 5.12. The van der Waals surface area contributed by atoms with Crippen LogP contribution in [0.4, 0.5) is 5.82 Å². The Hall–Kier alpha value is -1.09. The van der Waals surface area contributed by atoms with Gasteiger partial charge in [-0.3, -0.25) is 4.90 Å². The molecule has 0 aliphatic rings. The lowest BCUT2D eigenvalue weighted by Gasteiger charge is -2.20. The van der Waals surface area contributed by atoms with Crippen molar-refractivity contribution in [3.63, 3.8) is 0 Å². The Morgan fingerprint density at radius 2 is 1.93 bits per heavy atom. The first kappa shape index (κ1) is 12.0. The summed E-state index contributed by atoms with van der Waals surface area (Å²) in [6.07, 6.45) is 4.17. The van der Waals surface area contributed by atoms with E-state index in [9.17, 15) is 0 Å². The van der Waals surface area contributed by atoms with Gasteiger partial charge in [0.25, 0.3) is 0 Å². The molecule has 0 saturated heterocycles. The Morgan fingerprint density at radius 1 is 1.27 bits per heavy atom. The van der Waals surface area contributed by atoms with Crippen molar-refractivity contribution < 1.29 is 0 Å². The van der Waals surface area contributed by atoms with Crippen LogP contribution in [0.15, 0.2) is 18.3 Å². The smallest absolute Gasteiger partial charge is 0.123 e. The summed E-state index contributed by atoms with van der Waals surface area (Å²) in [5, 5.41) is 0. The first-order chi connectivity index (χ1) is 7.26. The average molecular weight is 207 g/mol. The number of anilines is 1. The number of rotatable bonds is 6. The fourth-order valence-corrected chi connectivity index (χ4v) is 1.75. The van der Waals surface area contributed by atoms with Gasteiger partial charge in [-0.15, -0.1) is 0 Å². The zero-order valence-corrected chi connectivity index (χ0v) is 9.74. The summed E-state index contributed by atoms with van der Waals surface area (Å²) in [5.41, 5.74) is 6.91. The van der Waals surface area contributed by atoms with Crippen molar-refractivity contribution in [2.45, 2.75) is 33.2 Å². The predicted molar refractivity (Wildman–Crippen MR) is 64.5 cm³/mol. The monoisotopic (exact) mass is 207 g/mol. The zero-order chi connectivity index (χ0) is 11.1. The van der Waals surface area contributed by atoms with E-state index in [-0.39, 0.29) is 0 Å². The molecule has 0 aromatic carbocycles. The molecule has 3 nitrogen and oxygen atoms in total. The fraction of sp³-hybridized carbons (Fsp3) is 0.583. The highest BCUT2D eigenvalue weighted by Gasteiger charge is 2.03. The van der Waals surface area contributed by atoms with Gasteiger partial charge in [-0.25, -0.2) is 4.98 Å². The molecule has 0 amide bonds. The molecule has 0 aliphatic carbocycles. The van der Waals surface area contributed by atoms with E-state index < -0.39 is 0 Å². The minimum atomic E-state index is 0.612. The van der Waals surface area contributed by atoms with Crippen molar-refractivity contribution in [2.24, 2.45) is 0 Å². The Balaban J connectivity index is 2.56. The fourth-order valence-electron chi connectivity index (χ4n) is 1.75. The molecule has 1 heterocycles. The highest BCUT2D eigenvalue weighted by molar-refractivity contribution is 5.31. The molecule has 3 heteroatoms. The third-order valence-electron chi connectivity index (χ3n) is 2.33. The van der Waals surface area contributed by atoms with Crippen LogP contribution in [0.3, 0.4) is 0 Å². The van der Waals surface area contributed by atoms with Gasteiger partial charge in [-0.2, -0.15) is 0 Å². The van der Waals surface area contributed by atoms with Crippen molar-refractivity contribution in [3.05, 3.63) is 23.9 Å². The van der Waals surface area contributed by atoms with Crippen LogP contribution in [0.5, 0.6) is 0 Å². The van der Waals surface area contributed by atoms with Crippen LogP contribution in [0.1, 0.15) is 32.3 Å². The van der Waals surface area contributed by atoms with Crippen LogP contribution >= 0.6 is 0 Å². The number of nitrogens with zero attached hydrogens (tertiary/aromatic N) is 2. The van der Waals surface area contributed by atoms with E-state index in [1.54, 1.807) is 6.20 Å². The van der Waals surface area contributed by atoms with Gasteiger partial charge in [0.2, 0.25) is 0 Å². The molecule has 0 atom stereocenters. The van der Waals surface area contributed by atoms with E-state index in [2.05, 4.69) is 23.7 Å². The third kappa shape index (κ3) is 4.30. The van der Waals surface area contributed by atoms with E-state index in [4.69, 9.17) is 5.73 Å². The largest absolute Gasteiger partial charge is 0.384 e. The number of pyridine rings is 1. The van der Waals surface area contributed by atoms with Crippen molar-refractivity contribution in [2.75, 3.05) is 18.8 Å².